The average Bonchev–Trinajstić information content (AvgIpc) is 3.11. The van der Waals surface area contributed by atoms with Crippen LogP contribution in [0.25, 0.3) is 27.7 Å². The van der Waals surface area contributed by atoms with Gasteiger partial charge in [-0.25, -0.2) is 14.4 Å². The minimum Gasteiger partial charge on any atom is -0.394 e. The molecule has 7 nitrogen and oxygen atoms in total. The Kier molecular flexibility index (Phi) is 9.45. The number of anilines is 1. The number of methoxy groups -OCH3 is 1. The minimum atomic E-state index is -0.295. The number of aryl methyl sites for hydroxylation is 1. The van der Waals surface area contributed by atoms with E-state index < -0.39 is 0 Å². The van der Waals surface area contributed by atoms with Crippen LogP contribution in [-0.2, 0) is 16.0 Å². The van der Waals surface area contributed by atoms with Gasteiger partial charge < -0.3 is 19.7 Å². The molecule has 0 aliphatic carbocycles. The number of nitrogens with zero attached hydrogens (tertiary/aromatic N) is 4. The van der Waals surface area contributed by atoms with E-state index in [2.05, 4.69) is 22.0 Å². The lowest BCUT2D eigenvalue weighted by Gasteiger charge is -2.28. The molecule has 2 fully saturated rings. The van der Waals surface area contributed by atoms with Crippen molar-refractivity contribution in [1.29, 1.82) is 0 Å². The van der Waals surface area contributed by atoms with Gasteiger partial charge in [-0.1, -0.05) is 6.07 Å². The predicted octanol–water partition coefficient (Wildman–Crippen LogP) is 5.47. The van der Waals surface area contributed by atoms with Crippen molar-refractivity contribution in [2.75, 3.05) is 65.1 Å². The fourth-order valence-electron chi connectivity index (χ4n) is 5.58. The quantitative estimate of drug-likeness (QED) is 0.377. The number of ether oxygens (including phenoxy) is 2. The first-order valence-electron chi connectivity index (χ1n) is 14.0. The maximum atomic E-state index is 14.5. The maximum absolute atomic E-state index is 14.5. The Morgan fingerprint density at radius 2 is 2.03 bits per heavy atom. The lowest BCUT2D eigenvalue weighted by molar-refractivity contribution is 0.122. The van der Waals surface area contributed by atoms with Crippen molar-refractivity contribution in [2.45, 2.75) is 39.2 Å². The second kappa shape index (κ2) is 13.2. The molecule has 210 valence electrons. The summed E-state index contributed by atoms with van der Waals surface area (Å²) >= 11 is 1.82. The average molecular weight is 554 g/mol. The molecule has 3 aromatic rings. The van der Waals surface area contributed by atoms with Gasteiger partial charge in [0.15, 0.2) is 11.6 Å². The molecule has 9 heteroatoms. The van der Waals surface area contributed by atoms with Crippen molar-refractivity contribution in [3.05, 3.63) is 46.2 Å². The number of likely N-dealkylation sites (tertiary alicyclic amines) is 1. The van der Waals surface area contributed by atoms with Gasteiger partial charge in [-0.05, 0) is 87.2 Å². The van der Waals surface area contributed by atoms with E-state index in [1.54, 1.807) is 19.2 Å². The van der Waals surface area contributed by atoms with Crippen LogP contribution in [0, 0.1) is 18.7 Å². The second-order valence-corrected chi connectivity index (χ2v) is 11.6. The number of thiophene rings is 1. The first-order chi connectivity index (χ1) is 19.1. The fraction of sp³-hybridized carbons (Fsp3) is 0.533. The van der Waals surface area contributed by atoms with Gasteiger partial charge in [0.2, 0.25) is 0 Å². The summed E-state index contributed by atoms with van der Waals surface area (Å²) in [4.78, 5) is 16.4. The molecule has 2 aromatic heterocycles. The van der Waals surface area contributed by atoms with Gasteiger partial charge in [0.05, 0.1) is 23.4 Å². The van der Waals surface area contributed by atoms with Crippen LogP contribution in [0.4, 0.5) is 10.2 Å². The largest absolute Gasteiger partial charge is 0.394 e. The predicted molar refractivity (Wildman–Crippen MR) is 158 cm³/mol. The Morgan fingerprint density at radius 3 is 2.82 bits per heavy atom. The van der Waals surface area contributed by atoms with Crippen LogP contribution in [0.5, 0.6) is 0 Å². The first-order valence-corrected chi connectivity index (χ1v) is 14.9. The van der Waals surface area contributed by atoms with Crippen molar-refractivity contribution in [1.82, 2.24) is 20.2 Å². The molecule has 0 saturated carbocycles. The maximum Gasteiger partial charge on any atom is 0.162 e. The lowest BCUT2D eigenvalue weighted by Crippen LogP contribution is -2.36. The number of morpholine rings is 1. The summed E-state index contributed by atoms with van der Waals surface area (Å²) in [5, 5.41) is 3.02. The first kappa shape index (κ1) is 28.0. The van der Waals surface area contributed by atoms with E-state index in [0.29, 0.717) is 24.6 Å². The van der Waals surface area contributed by atoms with Gasteiger partial charge >= 0.3 is 0 Å². The summed E-state index contributed by atoms with van der Waals surface area (Å²) in [5.41, 5.74) is 3.75. The molecule has 5 rings (SSSR count). The molecule has 1 N–H and O–H groups in total. The molecule has 4 heterocycles. The van der Waals surface area contributed by atoms with E-state index in [4.69, 9.17) is 19.4 Å². The van der Waals surface area contributed by atoms with E-state index >= 15 is 0 Å². The molecule has 39 heavy (non-hydrogen) atoms. The van der Waals surface area contributed by atoms with E-state index in [-0.39, 0.29) is 5.82 Å². The van der Waals surface area contributed by atoms with Crippen molar-refractivity contribution in [3.8, 4) is 11.4 Å². The van der Waals surface area contributed by atoms with Crippen LogP contribution in [0.15, 0.2) is 24.4 Å². The van der Waals surface area contributed by atoms with Crippen molar-refractivity contribution in [3.63, 3.8) is 0 Å². The molecule has 0 spiro atoms. The molecule has 1 atom stereocenters. The number of aromatic nitrogens is 2. The van der Waals surface area contributed by atoms with Gasteiger partial charge in [-0.15, -0.1) is 11.3 Å². The summed E-state index contributed by atoms with van der Waals surface area (Å²) < 4.78 is 26.5. The second-order valence-electron chi connectivity index (χ2n) is 10.5. The number of benzene rings is 1. The summed E-state index contributed by atoms with van der Waals surface area (Å²) in [6.07, 6.45) is 8.65. The highest BCUT2D eigenvalue weighted by Crippen LogP contribution is 2.39. The third-order valence-corrected chi connectivity index (χ3v) is 9.14. The highest BCUT2D eigenvalue weighted by Gasteiger charge is 2.24. The standard InChI is InChI=1S/C30H40FN5O2S/c1-21-26(20-35-12-4-5-22(9-13-35)10-16-37-3)39-28-27(21)33-29(34-30(28)36-14-17-38-18-15-36)25-19-24(31)7-6-23(25)8-11-32-2/h6-8,11,19,22,32H,4-5,9-10,12-18,20H2,1-3H3/b11-8-. The van der Waals surface area contributed by atoms with Gasteiger partial charge in [0.1, 0.15) is 5.82 Å². The van der Waals surface area contributed by atoms with E-state index in [1.165, 1.54) is 35.8 Å². The monoisotopic (exact) mass is 553 g/mol. The topological polar surface area (TPSA) is 62.8 Å². The van der Waals surface area contributed by atoms with Crippen molar-refractivity contribution < 1.29 is 13.9 Å². The normalized spacial score (nSPS) is 19.2. The van der Waals surface area contributed by atoms with E-state index in [9.17, 15) is 4.39 Å². The van der Waals surface area contributed by atoms with Crippen LogP contribution < -0.4 is 10.2 Å². The zero-order valence-electron chi connectivity index (χ0n) is 23.3. The number of rotatable bonds is 9. The fourth-order valence-corrected chi connectivity index (χ4v) is 6.88. The molecular formula is C30H40FN5O2S. The van der Waals surface area contributed by atoms with Crippen molar-refractivity contribution >= 4 is 33.4 Å². The zero-order chi connectivity index (χ0) is 27.2. The van der Waals surface area contributed by atoms with Gasteiger partial charge in [0, 0.05) is 50.8 Å². The number of hydrogen-bond acceptors (Lipinski definition) is 8. The van der Waals surface area contributed by atoms with Crippen LogP contribution in [0.2, 0.25) is 0 Å². The Balaban J connectivity index is 1.52. The van der Waals surface area contributed by atoms with Crippen LogP contribution >= 0.6 is 11.3 Å². The molecule has 0 amide bonds. The number of hydrogen-bond donors (Lipinski definition) is 1. The van der Waals surface area contributed by atoms with Crippen LogP contribution in [0.1, 0.15) is 41.7 Å². The molecule has 2 saturated heterocycles. The lowest BCUT2D eigenvalue weighted by atomic mass is 9.97. The number of nitrogens with one attached hydrogen (secondary N) is 1. The number of fused-ring (bicyclic) bond motifs is 1. The van der Waals surface area contributed by atoms with E-state index in [1.807, 2.05) is 30.7 Å². The highest BCUT2D eigenvalue weighted by molar-refractivity contribution is 7.19. The minimum absolute atomic E-state index is 0.295. The molecule has 0 bridgehead atoms. The smallest absolute Gasteiger partial charge is 0.162 e. The van der Waals surface area contributed by atoms with Gasteiger partial charge in [-0.2, -0.15) is 0 Å². The van der Waals surface area contributed by atoms with Gasteiger partial charge in [0.25, 0.3) is 0 Å². The van der Waals surface area contributed by atoms with Crippen molar-refractivity contribution in [2.24, 2.45) is 5.92 Å². The Morgan fingerprint density at radius 1 is 1.18 bits per heavy atom. The van der Waals surface area contributed by atoms with Crippen LogP contribution in [-0.4, -0.2) is 75.0 Å². The molecule has 2 aliphatic rings. The summed E-state index contributed by atoms with van der Waals surface area (Å²) in [6, 6.07) is 4.81. The Hall–Kier alpha value is -2.59. The van der Waals surface area contributed by atoms with Crippen LogP contribution in [0.3, 0.4) is 0 Å². The molecule has 0 radical (unpaired) electrons. The molecule has 1 unspecified atom stereocenters. The molecule has 2 aliphatic heterocycles. The molecular weight excluding hydrogens is 513 g/mol. The zero-order valence-corrected chi connectivity index (χ0v) is 24.2. The third kappa shape index (κ3) is 6.60. The summed E-state index contributed by atoms with van der Waals surface area (Å²) in [7, 11) is 3.64. The SMILES string of the molecule is CN/C=C\c1ccc(F)cc1-c1nc(N2CCOCC2)c2sc(CN3CCCC(CCOC)CC3)c(C)c2n1. The summed E-state index contributed by atoms with van der Waals surface area (Å²) in [6.45, 7) is 9.10. The van der Waals surface area contributed by atoms with Gasteiger partial charge in [-0.3, -0.25) is 4.90 Å². The Labute approximate surface area is 235 Å². The summed E-state index contributed by atoms with van der Waals surface area (Å²) in [5.74, 6) is 1.94. The molecule has 1 aromatic carbocycles. The van der Waals surface area contributed by atoms with E-state index in [0.717, 1.165) is 73.3 Å². The number of halogens is 1. The Bertz CT molecular complexity index is 1290. The highest BCUT2D eigenvalue weighted by atomic mass is 32.1. The third-order valence-electron chi connectivity index (χ3n) is 7.88.